The van der Waals surface area contributed by atoms with Gasteiger partial charge in [0.15, 0.2) is 0 Å². The fourth-order valence-corrected chi connectivity index (χ4v) is 3.60. The van der Waals surface area contributed by atoms with Gasteiger partial charge in [-0.15, -0.1) is 0 Å². The van der Waals surface area contributed by atoms with Crippen LogP contribution in [0, 0.1) is 17.8 Å². The third kappa shape index (κ3) is 3.12. The molecule has 114 valence electrons. The van der Waals surface area contributed by atoms with Gasteiger partial charge < -0.3 is 20.7 Å². The number of hydrogen-bond donors (Lipinski definition) is 2. The Morgan fingerprint density at radius 1 is 1.35 bits per heavy atom. The van der Waals surface area contributed by atoms with E-state index in [0.29, 0.717) is 25.0 Å². The van der Waals surface area contributed by atoms with Crippen molar-refractivity contribution in [3.8, 4) is 0 Å². The Labute approximate surface area is 120 Å². The van der Waals surface area contributed by atoms with Crippen LogP contribution in [0.1, 0.15) is 19.3 Å². The number of likely N-dealkylation sites (N-methyl/N-ethyl adjacent to an activating group) is 1. The van der Waals surface area contributed by atoms with Gasteiger partial charge in [0.1, 0.15) is 0 Å². The first-order valence-corrected chi connectivity index (χ1v) is 7.30. The predicted octanol–water partition coefficient (Wildman–Crippen LogP) is -0.419. The van der Waals surface area contributed by atoms with Crippen molar-refractivity contribution in [2.75, 3.05) is 33.9 Å². The van der Waals surface area contributed by atoms with E-state index < -0.39 is 0 Å². The predicted molar refractivity (Wildman–Crippen MR) is 74.8 cm³/mol. The third-order valence-corrected chi connectivity index (χ3v) is 4.65. The smallest absolute Gasteiger partial charge is 0.239 e. The summed E-state index contributed by atoms with van der Waals surface area (Å²) in [6.07, 6.45) is 3.32. The van der Waals surface area contributed by atoms with E-state index in [-0.39, 0.29) is 30.3 Å². The van der Waals surface area contributed by atoms with Crippen molar-refractivity contribution in [2.24, 2.45) is 23.5 Å². The van der Waals surface area contributed by atoms with Gasteiger partial charge in [0.2, 0.25) is 11.8 Å². The Bertz CT molecular complexity index is 373. The average Bonchev–Trinajstić information content (AvgIpc) is 2.99. The first-order chi connectivity index (χ1) is 9.54. The molecule has 2 aliphatic carbocycles. The molecule has 0 aliphatic heterocycles. The SMILES string of the molecule is COCCNC(=O)CN(C)C(=O)C1C2CCC(C2)C1N. The second-order valence-electron chi connectivity index (χ2n) is 5.97. The van der Waals surface area contributed by atoms with Crippen LogP contribution in [0.25, 0.3) is 0 Å². The van der Waals surface area contributed by atoms with Crippen LogP contribution < -0.4 is 11.1 Å². The van der Waals surface area contributed by atoms with Crippen LogP contribution in [0.3, 0.4) is 0 Å². The highest BCUT2D eigenvalue weighted by molar-refractivity contribution is 5.86. The minimum atomic E-state index is -0.158. The van der Waals surface area contributed by atoms with E-state index in [0.717, 1.165) is 19.3 Å². The van der Waals surface area contributed by atoms with Crippen molar-refractivity contribution in [3.63, 3.8) is 0 Å². The van der Waals surface area contributed by atoms with Gasteiger partial charge in [0, 0.05) is 26.7 Å². The van der Waals surface area contributed by atoms with Gasteiger partial charge in [0.05, 0.1) is 19.1 Å². The zero-order valence-corrected chi connectivity index (χ0v) is 12.3. The minimum absolute atomic E-state index is 0.0200. The fourth-order valence-electron chi connectivity index (χ4n) is 3.60. The topological polar surface area (TPSA) is 84.7 Å². The van der Waals surface area contributed by atoms with E-state index in [4.69, 9.17) is 10.5 Å². The normalized spacial score (nSPS) is 31.4. The number of nitrogens with zero attached hydrogens (tertiary/aromatic N) is 1. The molecular weight excluding hydrogens is 258 g/mol. The molecule has 2 aliphatic rings. The first-order valence-electron chi connectivity index (χ1n) is 7.30. The summed E-state index contributed by atoms with van der Waals surface area (Å²) in [5, 5.41) is 2.72. The molecule has 2 saturated carbocycles. The molecule has 0 spiro atoms. The summed E-state index contributed by atoms with van der Waals surface area (Å²) in [6, 6.07) is -0.0275. The number of ether oxygens (including phenoxy) is 1. The number of nitrogens with one attached hydrogen (secondary N) is 1. The molecule has 4 unspecified atom stereocenters. The van der Waals surface area contributed by atoms with E-state index in [2.05, 4.69) is 5.32 Å². The highest BCUT2D eigenvalue weighted by Gasteiger charge is 2.49. The van der Waals surface area contributed by atoms with Gasteiger partial charge in [-0.2, -0.15) is 0 Å². The molecule has 2 rings (SSSR count). The Kier molecular flexibility index (Phi) is 4.99. The number of carbonyl (C=O) groups is 2. The summed E-state index contributed by atoms with van der Waals surface area (Å²) in [5.74, 6) is 0.686. The van der Waals surface area contributed by atoms with Crippen LogP contribution in [0.4, 0.5) is 0 Å². The lowest BCUT2D eigenvalue weighted by Gasteiger charge is -2.30. The number of amides is 2. The molecule has 2 fully saturated rings. The van der Waals surface area contributed by atoms with Gasteiger partial charge >= 0.3 is 0 Å². The van der Waals surface area contributed by atoms with Gasteiger partial charge in [-0.05, 0) is 31.1 Å². The highest BCUT2D eigenvalue weighted by Crippen LogP contribution is 2.48. The molecule has 6 nitrogen and oxygen atoms in total. The largest absolute Gasteiger partial charge is 0.383 e. The summed E-state index contributed by atoms with van der Waals surface area (Å²) in [5.41, 5.74) is 6.17. The van der Waals surface area contributed by atoms with Crippen molar-refractivity contribution in [2.45, 2.75) is 25.3 Å². The standard InChI is InChI=1S/C14H25N3O3/c1-17(8-11(18)16-5-6-20-2)14(19)12-9-3-4-10(7-9)13(12)15/h9-10,12-13H,3-8,15H2,1-2H3,(H,16,18). The number of fused-ring (bicyclic) bond motifs is 2. The van der Waals surface area contributed by atoms with Crippen molar-refractivity contribution < 1.29 is 14.3 Å². The molecule has 4 atom stereocenters. The van der Waals surface area contributed by atoms with Crippen LogP contribution >= 0.6 is 0 Å². The zero-order chi connectivity index (χ0) is 14.7. The molecule has 0 aromatic carbocycles. The number of nitrogens with two attached hydrogens (primary N) is 1. The minimum Gasteiger partial charge on any atom is -0.383 e. The Balaban J connectivity index is 1.81. The first kappa shape index (κ1) is 15.3. The van der Waals surface area contributed by atoms with Crippen molar-refractivity contribution >= 4 is 11.8 Å². The number of hydrogen-bond acceptors (Lipinski definition) is 4. The maximum absolute atomic E-state index is 12.5. The van der Waals surface area contributed by atoms with E-state index in [1.165, 1.54) is 4.90 Å². The van der Waals surface area contributed by atoms with Crippen molar-refractivity contribution in [3.05, 3.63) is 0 Å². The lowest BCUT2D eigenvalue weighted by atomic mass is 9.84. The Morgan fingerprint density at radius 3 is 2.65 bits per heavy atom. The van der Waals surface area contributed by atoms with E-state index in [9.17, 15) is 9.59 Å². The summed E-state index contributed by atoms with van der Waals surface area (Å²) in [4.78, 5) is 25.7. The average molecular weight is 283 g/mol. The van der Waals surface area contributed by atoms with Gasteiger partial charge in [-0.3, -0.25) is 9.59 Å². The molecule has 3 N–H and O–H groups in total. The lowest BCUT2D eigenvalue weighted by Crippen LogP contribution is -2.48. The number of carbonyl (C=O) groups excluding carboxylic acids is 2. The maximum atomic E-state index is 12.5. The zero-order valence-electron chi connectivity index (χ0n) is 12.3. The molecule has 0 heterocycles. The van der Waals surface area contributed by atoms with Crippen LogP contribution in [-0.4, -0.2) is 56.6 Å². The van der Waals surface area contributed by atoms with Crippen LogP contribution in [0.2, 0.25) is 0 Å². The number of rotatable bonds is 6. The summed E-state index contributed by atoms with van der Waals surface area (Å²) in [7, 11) is 3.26. The van der Waals surface area contributed by atoms with Crippen molar-refractivity contribution in [1.29, 1.82) is 0 Å². The van der Waals surface area contributed by atoms with E-state index >= 15 is 0 Å². The van der Waals surface area contributed by atoms with Gasteiger partial charge in [-0.25, -0.2) is 0 Å². The second kappa shape index (κ2) is 6.54. The molecule has 0 radical (unpaired) electrons. The maximum Gasteiger partial charge on any atom is 0.239 e. The molecule has 0 aromatic rings. The molecule has 6 heteroatoms. The van der Waals surface area contributed by atoms with E-state index in [1.54, 1.807) is 14.2 Å². The monoisotopic (exact) mass is 283 g/mol. The highest BCUT2D eigenvalue weighted by atomic mass is 16.5. The summed E-state index contributed by atoms with van der Waals surface area (Å²) in [6.45, 7) is 1.02. The van der Waals surface area contributed by atoms with Crippen LogP contribution in [0.15, 0.2) is 0 Å². The van der Waals surface area contributed by atoms with Gasteiger partial charge in [-0.1, -0.05) is 0 Å². The molecular formula is C14H25N3O3. The van der Waals surface area contributed by atoms with Crippen LogP contribution in [-0.2, 0) is 14.3 Å². The fraction of sp³-hybridized carbons (Fsp3) is 0.857. The molecule has 0 aromatic heterocycles. The van der Waals surface area contributed by atoms with Crippen molar-refractivity contribution in [1.82, 2.24) is 10.2 Å². The summed E-state index contributed by atoms with van der Waals surface area (Å²) >= 11 is 0. The molecule has 20 heavy (non-hydrogen) atoms. The quantitative estimate of drug-likeness (QED) is 0.649. The Morgan fingerprint density at radius 2 is 2.05 bits per heavy atom. The van der Waals surface area contributed by atoms with Crippen LogP contribution in [0.5, 0.6) is 0 Å². The van der Waals surface area contributed by atoms with Gasteiger partial charge in [0.25, 0.3) is 0 Å². The molecule has 0 saturated heterocycles. The Hall–Kier alpha value is -1.14. The summed E-state index contributed by atoms with van der Waals surface area (Å²) < 4.78 is 4.86. The number of methoxy groups -OCH3 is 1. The lowest BCUT2D eigenvalue weighted by molar-refractivity contribution is -0.139. The third-order valence-electron chi connectivity index (χ3n) is 4.65. The van der Waals surface area contributed by atoms with E-state index in [1.807, 2.05) is 0 Å². The molecule has 2 bridgehead atoms. The second-order valence-corrected chi connectivity index (χ2v) is 5.97. The molecule has 2 amide bonds.